The first kappa shape index (κ1) is 13.2. The Morgan fingerprint density at radius 3 is 2.28 bits per heavy atom. The molecule has 0 saturated carbocycles. The van der Waals surface area contributed by atoms with Gasteiger partial charge in [0, 0.05) is 0 Å². The molecule has 2 aromatic carbocycles. The van der Waals surface area contributed by atoms with E-state index in [1.54, 1.807) is 30.3 Å². The molecular formula is C14H11BrF2O. The van der Waals surface area contributed by atoms with Gasteiger partial charge in [-0.25, -0.2) is 8.78 Å². The van der Waals surface area contributed by atoms with Crippen molar-refractivity contribution in [1.82, 2.24) is 0 Å². The van der Waals surface area contributed by atoms with Crippen LogP contribution in [0.5, 0.6) is 0 Å². The van der Waals surface area contributed by atoms with Crippen LogP contribution in [0.4, 0.5) is 8.78 Å². The van der Waals surface area contributed by atoms with Gasteiger partial charge in [-0.1, -0.05) is 30.3 Å². The number of halogens is 3. The van der Waals surface area contributed by atoms with Crippen molar-refractivity contribution in [3.63, 3.8) is 0 Å². The van der Waals surface area contributed by atoms with Crippen molar-refractivity contribution in [3.05, 3.63) is 69.7 Å². The van der Waals surface area contributed by atoms with Gasteiger partial charge in [-0.05, 0) is 40.5 Å². The van der Waals surface area contributed by atoms with Crippen molar-refractivity contribution in [1.29, 1.82) is 0 Å². The first-order valence-electron chi connectivity index (χ1n) is 5.36. The van der Waals surface area contributed by atoms with E-state index in [1.165, 1.54) is 13.0 Å². The zero-order valence-corrected chi connectivity index (χ0v) is 11.2. The summed E-state index contributed by atoms with van der Waals surface area (Å²) in [6, 6.07) is 10.8. The Labute approximate surface area is 112 Å². The minimum Gasteiger partial charge on any atom is -0.380 e. The fraction of sp³-hybridized carbons (Fsp3) is 0.143. The second-order valence-corrected chi connectivity index (χ2v) is 5.01. The van der Waals surface area contributed by atoms with Crippen molar-refractivity contribution in [2.75, 3.05) is 0 Å². The molecule has 0 aliphatic rings. The molecule has 2 rings (SSSR count). The van der Waals surface area contributed by atoms with Crippen LogP contribution >= 0.6 is 15.9 Å². The molecule has 1 unspecified atom stereocenters. The van der Waals surface area contributed by atoms with E-state index in [0.29, 0.717) is 5.56 Å². The monoisotopic (exact) mass is 312 g/mol. The summed E-state index contributed by atoms with van der Waals surface area (Å²) >= 11 is 2.99. The second kappa shape index (κ2) is 4.78. The van der Waals surface area contributed by atoms with E-state index in [-0.39, 0.29) is 10.0 Å². The van der Waals surface area contributed by atoms with Gasteiger partial charge in [0.05, 0.1) is 10.0 Å². The number of hydrogen-bond acceptors (Lipinski definition) is 1. The number of rotatable bonds is 2. The van der Waals surface area contributed by atoms with Crippen LogP contribution in [0.25, 0.3) is 0 Å². The normalized spacial score (nSPS) is 14.3. The Bertz CT molecular complexity index is 568. The first-order chi connectivity index (χ1) is 8.44. The molecule has 0 aromatic heterocycles. The van der Waals surface area contributed by atoms with E-state index >= 15 is 0 Å². The molecule has 1 atom stereocenters. The van der Waals surface area contributed by atoms with Crippen molar-refractivity contribution < 1.29 is 13.9 Å². The number of hydrogen-bond donors (Lipinski definition) is 1. The zero-order chi connectivity index (χ0) is 13.3. The number of benzene rings is 2. The van der Waals surface area contributed by atoms with Crippen molar-refractivity contribution in [3.8, 4) is 0 Å². The summed E-state index contributed by atoms with van der Waals surface area (Å²) in [6.45, 7) is 1.37. The molecule has 0 spiro atoms. The van der Waals surface area contributed by atoms with Crippen molar-refractivity contribution in [2.45, 2.75) is 12.5 Å². The summed E-state index contributed by atoms with van der Waals surface area (Å²) in [4.78, 5) is 0. The van der Waals surface area contributed by atoms with E-state index in [0.717, 1.165) is 6.07 Å². The Balaban J connectivity index is 2.65. The van der Waals surface area contributed by atoms with Crippen LogP contribution < -0.4 is 0 Å². The highest BCUT2D eigenvalue weighted by Crippen LogP contribution is 2.35. The Kier molecular flexibility index (Phi) is 3.50. The average molecular weight is 313 g/mol. The lowest BCUT2D eigenvalue weighted by Gasteiger charge is -2.25. The van der Waals surface area contributed by atoms with Gasteiger partial charge in [-0.15, -0.1) is 0 Å². The van der Waals surface area contributed by atoms with Crippen LogP contribution in [-0.2, 0) is 5.60 Å². The van der Waals surface area contributed by atoms with E-state index in [9.17, 15) is 13.9 Å². The maximum absolute atomic E-state index is 14.0. The molecule has 2 aromatic rings. The third-order valence-electron chi connectivity index (χ3n) is 2.87. The maximum atomic E-state index is 14.0. The summed E-state index contributed by atoms with van der Waals surface area (Å²) < 4.78 is 27.9. The third-order valence-corrected chi connectivity index (χ3v) is 3.48. The van der Waals surface area contributed by atoms with Crippen molar-refractivity contribution >= 4 is 15.9 Å². The minimum atomic E-state index is -1.72. The average Bonchev–Trinajstić information content (AvgIpc) is 2.35. The highest BCUT2D eigenvalue weighted by atomic mass is 79.9. The Morgan fingerprint density at radius 1 is 1.06 bits per heavy atom. The predicted octanol–water partition coefficient (Wildman–Crippen LogP) is 3.98. The van der Waals surface area contributed by atoms with E-state index in [2.05, 4.69) is 15.9 Å². The molecule has 0 aliphatic heterocycles. The summed E-state index contributed by atoms with van der Waals surface area (Å²) in [5.74, 6) is -1.56. The van der Waals surface area contributed by atoms with Gasteiger partial charge >= 0.3 is 0 Å². The van der Waals surface area contributed by atoms with Gasteiger partial charge in [0.2, 0.25) is 0 Å². The van der Waals surface area contributed by atoms with E-state index in [1.807, 2.05) is 0 Å². The largest absolute Gasteiger partial charge is 0.380 e. The number of aliphatic hydroxyl groups is 1. The first-order valence-corrected chi connectivity index (χ1v) is 6.15. The van der Waals surface area contributed by atoms with E-state index in [4.69, 9.17) is 0 Å². The Hall–Kier alpha value is -1.26. The zero-order valence-electron chi connectivity index (χ0n) is 9.62. The van der Waals surface area contributed by atoms with Crippen LogP contribution in [0.2, 0.25) is 0 Å². The van der Waals surface area contributed by atoms with Gasteiger partial charge in [-0.3, -0.25) is 0 Å². The molecule has 0 aliphatic carbocycles. The van der Waals surface area contributed by atoms with Gasteiger partial charge < -0.3 is 5.11 Å². The van der Waals surface area contributed by atoms with Crippen LogP contribution in [-0.4, -0.2) is 5.11 Å². The smallest absolute Gasteiger partial charge is 0.146 e. The third kappa shape index (κ3) is 2.18. The van der Waals surface area contributed by atoms with Gasteiger partial charge in [-0.2, -0.15) is 0 Å². The molecule has 94 valence electrons. The molecule has 0 fully saturated rings. The fourth-order valence-electron chi connectivity index (χ4n) is 1.88. The molecule has 0 saturated heterocycles. The molecule has 4 heteroatoms. The van der Waals surface area contributed by atoms with Crippen LogP contribution in [0, 0.1) is 11.6 Å². The standard InChI is InChI=1S/C14H11BrF2O/c1-14(18,9-5-3-2-4-6-9)12-11(16)8-7-10(15)13(12)17/h2-8,18H,1H3. The summed E-state index contributed by atoms with van der Waals surface area (Å²) in [6.07, 6.45) is 0. The molecule has 0 amide bonds. The second-order valence-electron chi connectivity index (χ2n) is 4.16. The lowest BCUT2D eigenvalue weighted by atomic mass is 9.87. The fourth-order valence-corrected chi connectivity index (χ4v) is 2.21. The quantitative estimate of drug-likeness (QED) is 0.832. The molecular weight excluding hydrogens is 302 g/mol. The Morgan fingerprint density at radius 2 is 1.67 bits per heavy atom. The maximum Gasteiger partial charge on any atom is 0.146 e. The van der Waals surface area contributed by atoms with E-state index < -0.39 is 17.2 Å². The van der Waals surface area contributed by atoms with Crippen LogP contribution in [0.3, 0.4) is 0 Å². The predicted molar refractivity (Wildman–Crippen MR) is 69.2 cm³/mol. The van der Waals surface area contributed by atoms with Crippen molar-refractivity contribution in [2.24, 2.45) is 0 Å². The van der Waals surface area contributed by atoms with Gasteiger partial charge in [0.1, 0.15) is 17.2 Å². The molecule has 0 heterocycles. The summed E-state index contributed by atoms with van der Waals surface area (Å²) in [5, 5.41) is 10.4. The minimum absolute atomic E-state index is 0.120. The molecule has 1 nitrogen and oxygen atoms in total. The van der Waals surface area contributed by atoms with Gasteiger partial charge in [0.25, 0.3) is 0 Å². The lowest BCUT2D eigenvalue weighted by Crippen LogP contribution is -2.26. The van der Waals surface area contributed by atoms with Crippen LogP contribution in [0.1, 0.15) is 18.1 Å². The van der Waals surface area contributed by atoms with Gasteiger partial charge in [0.15, 0.2) is 0 Å². The van der Waals surface area contributed by atoms with Crippen LogP contribution in [0.15, 0.2) is 46.9 Å². The highest BCUT2D eigenvalue weighted by molar-refractivity contribution is 9.10. The lowest BCUT2D eigenvalue weighted by molar-refractivity contribution is 0.0932. The molecule has 0 radical (unpaired) electrons. The molecule has 18 heavy (non-hydrogen) atoms. The molecule has 0 bridgehead atoms. The SMILES string of the molecule is CC(O)(c1ccccc1)c1c(F)ccc(Br)c1F. The topological polar surface area (TPSA) is 20.2 Å². The summed E-state index contributed by atoms with van der Waals surface area (Å²) in [7, 11) is 0. The summed E-state index contributed by atoms with van der Waals surface area (Å²) in [5.41, 5.74) is -1.65. The molecule has 1 N–H and O–H groups in total. The highest BCUT2D eigenvalue weighted by Gasteiger charge is 2.32.